The normalized spacial score (nSPS) is 10.7. The molecule has 3 nitrogen and oxygen atoms in total. The van der Waals surface area contributed by atoms with Crippen LogP contribution in [0.25, 0.3) is 0 Å². The summed E-state index contributed by atoms with van der Waals surface area (Å²) in [6, 6.07) is 0. The fourth-order valence-corrected chi connectivity index (χ4v) is 1.45. The maximum Gasteiger partial charge on any atom is 0.0945 e. The van der Waals surface area contributed by atoms with Gasteiger partial charge in [0.05, 0.1) is 12.0 Å². The molecule has 14 heavy (non-hydrogen) atoms. The van der Waals surface area contributed by atoms with Crippen LogP contribution in [-0.4, -0.2) is 16.1 Å². The molecule has 0 radical (unpaired) electrons. The number of imidazole rings is 1. The van der Waals surface area contributed by atoms with E-state index in [9.17, 15) is 0 Å². The largest absolute Gasteiger partial charge is 0.337 e. The molecule has 0 saturated carbocycles. The minimum absolute atomic E-state index is 0.933. The first kappa shape index (κ1) is 11.2. The van der Waals surface area contributed by atoms with Gasteiger partial charge in [-0.3, -0.25) is 0 Å². The minimum atomic E-state index is 0.933. The summed E-state index contributed by atoms with van der Waals surface area (Å²) in [6.45, 7) is 4.29. The number of hydrogen-bond acceptors (Lipinski definition) is 2. The molecule has 1 aromatic heterocycles. The highest BCUT2D eigenvalue weighted by Gasteiger charge is 1.96. The van der Waals surface area contributed by atoms with Gasteiger partial charge >= 0.3 is 0 Å². The molecule has 0 saturated heterocycles. The first-order valence-corrected chi connectivity index (χ1v) is 5.50. The smallest absolute Gasteiger partial charge is 0.0945 e. The van der Waals surface area contributed by atoms with E-state index >= 15 is 0 Å². The van der Waals surface area contributed by atoms with Crippen molar-refractivity contribution < 1.29 is 0 Å². The van der Waals surface area contributed by atoms with Crippen molar-refractivity contribution in [2.45, 2.75) is 39.2 Å². The highest BCUT2D eigenvalue weighted by molar-refractivity contribution is 4.96. The lowest BCUT2D eigenvalue weighted by molar-refractivity contribution is 0.586. The molecule has 0 aliphatic carbocycles. The molecule has 3 heteroatoms. The number of unbranched alkanes of at least 4 members (excludes halogenated alkanes) is 3. The van der Waals surface area contributed by atoms with Gasteiger partial charge in [0, 0.05) is 19.8 Å². The summed E-state index contributed by atoms with van der Waals surface area (Å²) in [5, 5.41) is 3.43. The fourth-order valence-electron chi connectivity index (χ4n) is 1.45. The van der Waals surface area contributed by atoms with Gasteiger partial charge in [-0.25, -0.2) is 4.98 Å². The molecule has 0 aliphatic rings. The topological polar surface area (TPSA) is 29.9 Å². The fraction of sp³-hybridized carbons (Fsp3) is 0.727. The van der Waals surface area contributed by atoms with E-state index in [2.05, 4.69) is 21.8 Å². The molecule has 0 atom stereocenters. The lowest BCUT2D eigenvalue weighted by Crippen LogP contribution is -2.16. The third-order valence-corrected chi connectivity index (χ3v) is 2.43. The molecule has 1 aromatic rings. The molecule has 0 fully saturated rings. The molecule has 0 spiro atoms. The van der Waals surface area contributed by atoms with Gasteiger partial charge in [-0.1, -0.05) is 26.2 Å². The van der Waals surface area contributed by atoms with Crippen LogP contribution in [0.15, 0.2) is 12.5 Å². The number of nitrogens with zero attached hydrogens (tertiary/aromatic N) is 2. The number of nitrogens with one attached hydrogen (secondary N) is 1. The molecule has 1 rings (SSSR count). The molecule has 1 heterocycles. The van der Waals surface area contributed by atoms with Crippen LogP contribution in [-0.2, 0) is 13.6 Å². The van der Waals surface area contributed by atoms with E-state index in [4.69, 9.17) is 0 Å². The Balaban J connectivity index is 2.02. The van der Waals surface area contributed by atoms with Gasteiger partial charge in [-0.05, 0) is 13.0 Å². The summed E-state index contributed by atoms with van der Waals surface area (Å²) in [5.41, 5.74) is 1.25. The zero-order valence-electron chi connectivity index (χ0n) is 9.29. The van der Waals surface area contributed by atoms with Crippen LogP contribution in [0.3, 0.4) is 0 Å². The highest BCUT2D eigenvalue weighted by atomic mass is 15.0. The van der Waals surface area contributed by atoms with E-state index in [0.29, 0.717) is 0 Å². The quantitative estimate of drug-likeness (QED) is 0.675. The lowest BCUT2D eigenvalue weighted by atomic mass is 10.2. The predicted octanol–water partition coefficient (Wildman–Crippen LogP) is 2.09. The Hall–Kier alpha value is -0.830. The maximum atomic E-state index is 4.07. The van der Waals surface area contributed by atoms with E-state index in [0.717, 1.165) is 13.1 Å². The third-order valence-electron chi connectivity index (χ3n) is 2.43. The van der Waals surface area contributed by atoms with Crippen molar-refractivity contribution in [3.63, 3.8) is 0 Å². The number of hydrogen-bond donors (Lipinski definition) is 1. The Labute approximate surface area is 86.5 Å². The summed E-state index contributed by atoms with van der Waals surface area (Å²) in [7, 11) is 2.03. The van der Waals surface area contributed by atoms with Gasteiger partial charge in [-0.15, -0.1) is 0 Å². The van der Waals surface area contributed by atoms with Crippen LogP contribution >= 0.6 is 0 Å². The minimum Gasteiger partial charge on any atom is -0.337 e. The molecular weight excluding hydrogens is 174 g/mol. The van der Waals surface area contributed by atoms with Crippen LogP contribution in [0, 0.1) is 0 Å². The molecular formula is C11H21N3. The van der Waals surface area contributed by atoms with E-state index in [1.807, 2.05) is 19.6 Å². The Morgan fingerprint density at radius 3 is 2.86 bits per heavy atom. The second-order valence-electron chi connectivity index (χ2n) is 3.73. The summed E-state index contributed by atoms with van der Waals surface area (Å²) in [4.78, 5) is 4.07. The zero-order chi connectivity index (χ0) is 10.2. The summed E-state index contributed by atoms with van der Waals surface area (Å²) in [5.74, 6) is 0. The van der Waals surface area contributed by atoms with E-state index < -0.39 is 0 Å². The van der Waals surface area contributed by atoms with Gasteiger partial charge in [0.2, 0.25) is 0 Å². The average Bonchev–Trinajstić information content (AvgIpc) is 2.58. The van der Waals surface area contributed by atoms with Crippen LogP contribution in [0.4, 0.5) is 0 Å². The van der Waals surface area contributed by atoms with Crippen molar-refractivity contribution in [1.29, 1.82) is 0 Å². The number of rotatable bonds is 7. The standard InChI is InChI=1S/C11H21N3/c1-3-4-5-6-7-12-8-11-9-13-10-14(11)2/h9-10,12H,3-8H2,1-2H3. The molecule has 0 bridgehead atoms. The van der Waals surface area contributed by atoms with E-state index in [-0.39, 0.29) is 0 Å². The average molecular weight is 195 g/mol. The Morgan fingerprint density at radius 1 is 1.36 bits per heavy atom. The van der Waals surface area contributed by atoms with Gasteiger partial charge < -0.3 is 9.88 Å². The monoisotopic (exact) mass is 195 g/mol. The number of aryl methyl sites for hydroxylation is 1. The molecule has 1 N–H and O–H groups in total. The summed E-state index contributed by atoms with van der Waals surface area (Å²) >= 11 is 0. The van der Waals surface area contributed by atoms with Crippen LogP contribution in [0.2, 0.25) is 0 Å². The Morgan fingerprint density at radius 2 is 2.21 bits per heavy atom. The Bertz CT molecular complexity index is 242. The van der Waals surface area contributed by atoms with Gasteiger partial charge in [0.15, 0.2) is 0 Å². The molecule has 0 unspecified atom stereocenters. The maximum absolute atomic E-state index is 4.07. The van der Waals surface area contributed by atoms with Crippen molar-refractivity contribution in [3.05, 3.63) is 18.2 Å². The predicted molar refractivity (Wildman–Crippen MR) is 59.1 cm³/mol. The second kappa shape index (κ2) is 6.60. The van der Waals surface area contributed by atoms with Crippen LogP contribution < -0.4 is 5.32 Å². The summed E-state index contributed by atoms with van der Waals surface area (Å²) in [6.07, 6.45) is 9.04. The van der Waals surface area contributed by atoms with Crippen LogP contribution in [0.5, 0.6) is 0 Å². The Kier molecular flexibility index (Phi) is 5.30. The molecule has 0 amide bonds. The SMILES string of the molecule is CCCCCCNCc1cncn1C. The van der Waals surface area contributed by atoms with Gasteiger partial charge in [-0.2, -0.15) is 0 Å². The van der Waals surface area contributed by atoms with Crippen molar-refractivity contribution >= 4 is 0 Å². The third kappa shape index (κ3) is 3.92. The first-order chi connectivity index (χ1) is 6.84. The highest BCUT2D eigenvalue weighted by Crippen LogP contribution is 1.98. The molecule has 0 aromatic carbocycles. The van der Waals surface area contributed by atoms with Gasteiger partial charge in [0.1, 0.15) is 0 Å². The van der Waals surface area contributed by atoms with Crippen molar-refractivity contribution in [1.82, 2.24) is 14.9 Å². The summed E-state index contributed by atoms with van der Waals surface area (Å²) < 4.78 is 2.05. The van der Waals surface area contributed by atoms with Crippen molar-refractivity contribution in [2.75, 3.05) is 6.54 Å². The van der Waals surface area contributed by atoms with E-state index in [1.54, 1.807) is 0 Å². The zero-order valence-corrected chi connectivity index (χ0v) is 9.29. The van der Waals surface area contributed by atoms with Crippen molar-refractivity contribution in [3.8, 4) is 0 Å². The first-order valence-electron chi connectivity index (χ1n) is 5.50. The lowest BCUT2D eigenvalue weighted by Gasteiger charge is -2.04. The van der Waals surface area contributed by atoms with Crippen molar-refractivity contribution in [2.24, 2.45) is 7.05 Å². The second-order valence-corrected chi connectivity index (χ2v) is 3.73. The molecule has 80 valence electrons. The van der Waals surface area contributed by atoms with Gasteiger partial charge in [0.25, 0.3) is 0 Å². The van der Waals surface area contributed by atoms with E-state index in [1.165, 1.54) is 31.4 Å². The number of aromatic nitrogens is 2. The molecule has 0 aliphatic heterocycles. The van der Waals surface area contributed by atoms with Crippen LogP contribution in [0.1, 0.15) is 38.3 Å².